The molecule has 0 bridgehead atoms. The summed E-state index contributed by atoms with van der Waals surface area (Å²) in [5.74, 6) is 0.703. The van der Waals surface area contributed by atoms with Gasteiger partial charge >= 0.3 is 0 Å². The van der Waals surface area contributed by atoms with Crippen molar-refractivity contribution in [3.05, 3.63) is 65.9 Å². The van der Waals surface area contributed by atoms with E-state index in [1.165, 1.54) is 35.3 Å². The van der Waals surface area contributed by atoms with Crippen LogP contribution in [0, 0.1) is 6.92 Å². The fourth-order valence-corrected chi connectivity index (χ4v) is 5.68. The van der Waals surface area contributed by atoms with Crippen LogP contribution in [0.2, 0.25) is 0 Å². The molecule has 5 rings (SSSR count). The molecule has 0 aromatic heterocycles. The number of aryl methyl sites for hydroxylation is 1. The van der Waals surface area contributed by atoms with Crippen molar-refractivity contribution in [2.24, 2.45) is 0 Å². The van der Waals surface area contributed by atoms with Crippen LogP contribution in [0.1, 0.15) is 36.3 Å². The van der Waals surface area contributed by atoms with Gasteiger partial charge in [-0.05, 0) is 56.5 Å². The average molecular weight is 406 g/mol. The summed E-state index contributed by atoms with van der Waals surface area (Å²) in [5.41, 5.74) is 7.00. The topological polar surface area (TPSA) is 26.8 Å². The Morgan fingerprint density at radius 2 is 1.79 bits per heavy atom. The summed E-state index contributed by atoms with van der Waals surface area (Å²) in [7, 11) is 2.11. The quantitative estimate of drug-likeness (QED) is 0.710. The van der Waals surface area contributed by atoms with Gasteiger partial charge in [0, 0.05) is 24.5 Å². The van der Waals surface area contributed by atoms with Crippen LogP contribution in [0.3, 0.4) is 0 Å². The molecule has 2 aromatic rings. The standard InChI is InChI=1S/C24H27N3OS/c1-15-5-8-20(9-6-15)27-23(28)14-29-24(27)18-7-12-21-22(13-18)26(19-10-11-19)17(3)16(2)25(21)4/h5-9,12-13,17,19,24H,2,10-11,14H2,1,3-4H3. The fourth-order valence-electron chi connectivity index (χ4n) is 4.51. The van der Waals surface area contributed by atoms with Gasteiger partial charge in [0.1, 0.15) is 5.37 Å². The van der Waals surface area contributed by atoms with Gasteiger partial charge in [0.25, 0.3) is 0 Å². The van der Waals surface area contributed by atoms with Gasteiger partial charge in [-0.2, -0.15) is 0 Å². The van der Waals surface area contributed by atoms with Gasteiger partial charge < -0.3 is 9.80 Å². The fraction of sp³-hybridized carbons (Fsp3) is 0.375. The van der Waals surface area contributed by atoms with E-state index in [-0.39, 0.29) is 11.3 Å². The lowest BCUT2D eigenvalue weighted by Gasteiger charge is -2.44. The lowest BCUT2D eigenvalue weighted by atomic mass is 10.0. The molecule has 2 fully saturated rings. The normalized spacial score (nSPS) is 24.3. The Kier molecular flexibility index (Phi) is 4.39. The number of nitrogens with zero attached hydrogens (tertiary/aromatic N) is 3. The maximum absolute atomic E-state index is 12.7. The van der Waals surface area contributed by atoms with Gasteiger partial charge in [-0.1, -0.05) is 30.3 Å². The zero-order valence-electron chi connectivity index (χ0n) is 17.3. The van der Waals surface area contributed by atoms with Gasteiger partial charge in [-0.15, -0.1) is 11.8 Å². The first-order valence-corrected chi connectivity index (χ1v) is 11.4. The summed E-state index contributed by atoms with van der Waals surface area (Å²) >= 11 is 1.72. The summed E-state index contributed by atoms with van der Waals surface area (Å²) in [6.45, 7) is 8.65. The van der Waals surface area contributed by atoms with E-state index < -0.39 is 0 Å². The summed E-state index contributed by atoms with van der Waals surface area (Å²) in [6, 6.07) is 15.9. The number of rotatable bonds is 3. The van der Waals surface area contributed by atoms with Crippen molar-refractivity contribution in [1.29, 1.82) is 0 Å². The van der Waals surface area contributed by atoms with Crippen molar-refractivity contribution < 1.29 is 4.79 Å². The van der Waals surface area contributed by atoms with Crippen LogP contribution < -0.4 is 14.7 Å². The number of benzene rings is 2. The Balaban J connectivity index is 1.56. The van der Waals surface area contributed by atoms with E-state index in [2.05, 4.69) is 79.7 Å². The molecule has 150 valence electrons. The molecule has 2 unspecified atom stereocenters. The molecule has 2 aromatic carbocycles. The second-order valence-electron chi connectivity index (χ2n) is 8.38. The molecule has 4 nitrogen and oxygen atoms in total. The number of carbonyl (C=O) groups is 1. The molecule has 1 saturated carbocycles. The van der Waals surface area contributed by atoms with Crippen LogP contribution in [0.5, 0.6) is 0 Å². The average Bonchev–Trinajstić information content (AvgIpc) is 3.48. The SMILES string of the molecule is C=C1C(C)N(C2CC2)c2cc(C3SCC(=O)N3c3ccc(C)cc3)ccc2N1C. The Bertz CT molecular complexity index is 982. The van der Waals surface area contributed by atoms with Gasteiger partial charge in [-0.3, -0.25) is 9.69 Å². The minimum Gasteiger partial charge on any atom is -0.359 e. The Morgan fingerprint density at radius 3 is 2.48 bits per heavy atom. The molecule has 1 amide bonds. The van der Waals surface area contributed by atoms with Gasteiger partial charge in [0.2, 0.25) is 5.91 Å². The Hall–Kier alpha value is -2.40. The first-order valence-electron chi connectivity index (χ1n) is 10.3. The number of carbonyl (C=O) groups excluding carboxylic acids is 1. The molecule has 1 aliphatic carbocycles. The van der Waals surface area contributed by atoms with E-state index in [4.69, 9.17) is 0 Å². The molecule has 29 heavy (non-hydrogen) atoms. The van der Waals surface area contributed by atoms with Crippen molar-refractivity contribution in [2.75, 3.05) is 27.5 Å². The highest BCUT2D eigenvalue weighted by Crippen LogP contribution is 2.48. The zero-order chi connectivity index (χ0) is 20.3. The first-order chi connectivity index (χ1) is 14.0. The van der Waals surface area contributed by atoms with Gasteiger partial charge in [0.05, 0.1) is 23.2 Å². The molecule has 2 heterocycles. The summed E-state index contributed by atoms with van der Waals surface area (Å²) in [5, 5.41) is 0.0160. The van der Waals surface area contributed by atoms with Crippen molar-refractivity contribution in [3.63, 3.8) is 0 Å². The van der Waals surface area contributed by atoms with Crippen LogP contribution in [0.25, 0.3) is 0 Å². The van der Waals surface area contributed by atoms with E-state index in [1.54, 1.807) is 11.8 Å². The lowest BCUT2D eigenvalue weighted by Crippen LogP contribution is -2.45. The van der Waals surface area contributed by atoms with Crippen LogP contribution in [0.4, 0.5) is 17.1 Å². The largest absolute Gasteiger partial charge is 0.359 e. The van der Waals surface area contributed by atoms with Crippen molar-refractivity contribution in [1.82, 2.24) is 0 Å². The van der Waals surface area contributed by atoms with E-state index in [0.717, 1.165) is 11.4 Å². The third kappa shape index (κ3) is 3.03. The first kappa shape index (κ1) is 18.6. The minimum absolute atomic E-state index is 0.0160. The molecule has 3 aliphatic rings. The minimum atomic E-state index is 0.0160. The molecule has 2 atom stereocenters. The second kappa shape index (κ2) is 6.84. The molecular weight excluding hydrogens is 378 g/mol. The third-order valence-corrected chi connectivity index (χ3v) is 7.59. The predicted molar refractivity (Wildman–Crippen MR) is 123 cm³/mol. The smallest absolute Gasteiger partial charge is 0.238 e. The lowest BCUT2D eigenvalue weighted by molar-refractivity contribution is -0.115. The monoisotopic (exact) mass is 405 g/mol. The maximum atomic E-state index is 12.7. The highest BCUT2D eigenvalue weighted by molar-refractivity contribution is 8.00. The maximum Gasteiger partial charge on any atom is 0.238 e. The molecule has 2 aliphatic heterocycles. The molecule has 0 N–H and O–H groups in total. The molecule has 5 heteroatoms. The highest BCUT2D eigenvalue weighted by Gasteiger charge is 2.40. The summed E-state index contributed by atoms with van der Waals surface area (Å²) in [4.78, 5) is 19.5. The number of hydrogen-bond acceptors (Lipinski definition) is 4. The van der Waals surface area contributed by atoms with Crippen molar-refractivity contribution >= 4 is 34.7 Å². The van der Waals surface area contributed by atoms with Gasteiger partial charge in [-0.25, -0.2) is 0 Å². The van der Waals surface area contributed by atoms with Crippen LogP contribution in [0.15, 0.2) is 54.7 Å². The predicted octanol–water partition coefficient (Wildman–Crippen LogP) is 5.09. The number of anilines is 3. The van der Waals surface area contributed by atoms with E-state index >= 15 is 0 Å². The zero-order valence-corrected chi connectivity index (χ0v) is 18.1. The molecule has 0 spiro atoms. The van der Waals surface area contributed by atoms with E-state index in [9.17, 15) is 4.79 Å². The van der Waals surface area contributed by atoms with Crippen molar-refractivity contribution in [3.8, 4) is 0 Å². The second-order valence-corrected chi connectivity index (χ2v) is 9.44. The Morgan fingerprint density at radius 1 is 1.07 bits per heavy atom. The summed E-state index contributed by atoms with van der Waals surface area (Å²) in [6.07, 6.45) is 2.49. The van der Waals surface area contributed by atoms with E-state index in [0.29, 0.717) is 17.8 Å². The highest BCUT2D eigenvalue weighted by atomic mass is 32.2. The van der Waals surface area contributed by atoms with Crippen LogP contribution in [-0.2, 0) is 4.79 Å². The number of fused-ring (bicyclic) bond motifs is 1. The number of amides is 1. The molecule has 0 radical (unpaired) electrons. The van der Waals surface area contributed by atoms with Crippen molar-refractivity contribution in [2.45, 2.75) is 44.1 Å². The van der Waals surface area contributed by atoms with Crippen LogP contribution >= 0.6 is 11.8 Å². The third-order valence-electron chi connectivity index (χ3n) is 6.37. The number of hydrogen-bond donors (Lipinski definition) is 0. The summed E-state index contributed by atoms with van der Waals surface area (Å²) < 4.78 is 0. The number of thioether (sulfide) groups is 1. The molecule has 1 saturated heterocycles. The van der Waals surface area contributed by atoms with Crippen LogP contribution in [-0.4, -0.2) is 30.8 Å². The van der Waals surface area contributed by atoms with E-state index in [1.807, 2.05) is 4.90 Å². The number of likely N-dealkylation sites (N-methyl/N-ethyl adjacent to an activating group) is 1. The Labute approximate surface area is 177 Å². The van der Waals surface area contributed by atoms with Gasteiger partial charge in [0.15, 0.2) is 0 Å². The molecular formula is C24H27N3OS.